The van der Waals surface area contributed by atoms with Crippen LogP contribution in [0.1, 0.15) is 0 Å². The third-order valence-corrected chi connectivity index (χ3v) is 2.81. The molecular formula is C11H16INO2. The molecule has 0 heterocycles. The van der Waals surface area contributed by atoms with Gasteiger partial charge in [0, 0.05) is 22.9 Å². The molecule has 1 aromatic carbocycles. The summed E-state index contributed by atoms with van der Waals surface area (Å²) in [6.07, 6.45) is 0. The zero-order valence-electron chi connectivity index (χ0n) is 8.83. The second kappa shape index (κ2) is 7.90. The molecule has 0 spiro atoms. The van der Waals surface area contributed by atoms with Gasteiger partial charge in [0.2, 0.25) is 0 Å². The predicted octanol–water partition coefficient (Wildman–Crippen LogP) is 2.37. The number of anilines is 1. The van der Waals surface area contributed by atoms with Crippen molar-refractivity contribution in [2.45, 2.75) is 0 Å². The van der Waals surface area contributed by atoms with Gasteiger partial charge in [-0.25, -0.2) is 0 Å². The van der Waals surface area contributed by atoms with Crippen LogP contribution in [-0.4, -0.2) is 33.5 Å². The molecular weight excluding hydrogens is 305 g/mol. The first-order chi connectivity index (χ1) is 7.34. The molecule has 0 amide bonds. The Morgan fingerprint density at radius 2 is 2.00 bits per heavy atom. The quantitative estimate of drug-likeness (QED) is 0.618. The number of rotatable bonds is 7. The van der Waals surface area contributed by atoms with Crippen molar-refractivity contribution >= 4 is 28.3 Å². The minimum atomic E-state index is 0.656. The fraction of sp³-hybridized carbons (Fsp3) is 0.455. The average molecular weight is 321 g/mol. The molecule has 0 unspecified atom stereocenters. The lowest BCUT2D eigenvalue weighted by Crippen LogP contribution is -2.12. The third-order valence-electron chi connectivity index (χ3n) is 1.87. The van der Waals surface area contributed by atoms with E-state index in [4.69, 9.17) is 9.47 Å². The van der Waals surface area contributed by atoms with E-state index in [1.54, 1.807) is 7.11 Å². The van der Waals surface area contributed by atoms with Gasteiger partial charge in [-0.2, -0.15) is 0 Å². The van der Waals surface area contributed by atoms with Gasteiger partial charge in [0.1, 0.15) is 0 Å². The fourth-order valence-electron chi connectivity index (χ4n) is 1.11. The number of nitrogens with one attached hydrogen (secondary N) is 1. The molecule has 15 heavy (non-hydrogen) atoms. The van der Waals surface area contributed by atoms with Crippen molar-refractivity contribution < 1.29 is 9.47 Å². The minimum Gasteiger partial charge on any atom is -0.382 e. The number of halogens is 1. The van der Waals surface area contributed by atoms with Crippen LogP contribution in [0.25, 0.3) is 0 Å². The van der Waals surface area contributed by atoms with E-state index in [1.165, 1.54) is 3.57 Å². The number of para-hydroxylation sites is 1. The normalized spacial score (nSPS) is 10.3. The average Bonchev–Trinajstić information content (AvgIpc) is 2.25. The van der Waals surface area contributed by atoms with Gasteiger partial charge in [-0.05, 0) is 34.7 Å². The van der Waals surface area contributed by atoms with Crippen LogP contribution in [0, 0.1) is 3.57 Å². The SMILES string of the molecule is COCCOCCNc1ccccc1I. The van der Waals surface area contributed by atoms with Crippen LogP contribution >= 0.6 is 22.6 Å². The lowest BCUT2D eigenvalue weighted by molar-refractivity contribution is 0.0759. The van der Waals surface area contributed by atoms with Crippen molar-refractivity contribution in [2.24, 2.45) is 0 Å². The Hall–Kier alpha value is -0.330. The summed E-state index contributed by atoms with van der Waals surface area (Å²) in [4.78, 5) is 0. The first kappa shape index (κ1) is 12.7. The second-order valence-electron chi connectivity index (χ2n) is 3.01. The number of methoxy groups -OCH3 is 1. The Balaban J connectivity index is 2.12. The van der Waals surface area contributed by atoms with Crippen LogP contribution in [0.5, 0.6) is 0 Å². The first-order valence-corrected chi connectivity index (χ1v) is 5.97. The van der Waals surface area contributed by atoms with Gasteiger partial charge in [0.25, 0.3) is 0 Å². The molecule has 84 valence electrons. The Kier molecular flexibility index (Phi) is 6.71. The highest BCUT2D eigenvalue weighted by Crippen LogP contribution is 2.16. The molecule has 0 bridgehead atoms. The highest BCUT2D eigenvalue weighted by atomic mass is 127. The van der Waals surface area contributed by atoms with E-state index in [0.29, 0.717) is 19.8 Å². The summed E-state index contributed by atoms with van der Waals surface area (Å²) in [7, 11) is 1.67. The Morgan fingerprint density at radius 1 is 1.20 bits per heavy atom. The highest BCUT2D eigenvalue weighted by Gasteiger charge is 1.95. The summed E-state index contributed by atoms with van der Waals surface area (Å²) in [6.45, 7) is 2.84. The molecule has 0 aliphatic heterocycles. The molecule has 0 saturated heterocycles. The van der Waals surface area contributed by atoms with Gasteiger partial charge >= 0.3 is 0 Å². The zero-order chi connectivity index (χ0) is 10.9. The third kappa shape index (κ3) is 5.34. The van der Waals surface area contributed by atoms with Gasteiger partial charge in [0.05, 0.1) is 19.8 Å². The Morgan fingerprint density at radius 3 is 2.73 bits per heavy atom. The fourth-order valence-corrected chi connectivity index (χ4v) is 1.68. The maximum Gasteiger partial charge on any atom is 0.0701 e. The monoisotopic (exact) mass is 321 g/mol. The van der Waals surface area contributed by atoms with Crippen LogP contribution in [0.4, 0.5) is 5.69 Å². The topological polar surface area (TPSA) is 30.5 Å². The van der Waals surface area contributed by atoms with Crippen molar-refractivity contribution in [3.8, 4) is 0 Å². The van der Waals surface area contributed by atoms with E-state index in [0.717, 1.165) is 12.2 Å². The molecule has 0 atom stereocenters. The molecule has 0 aliphatic carbocycles. The molecule has 0 radical (unpaired) electrons. The standard InChI is InChI=1S/C11H16INO2/c1-14-8-9-15-7-6-13-11-5-3-2-4-10(11)12/h2-5,13H,6-9H2,1H3. The lowest BCUT2D eigenvalue weighted by Gasteiger charge is -2.08. The van der Waals surface area contributed by atoms with Crippen LogP contribution in [0.3, 0.4) is 0 Å². The maximum atomic E-state index is 5.35. The van der Waals surface area contributed by atoms with Crippen molar-refractivity contribution in [1.82, 2.24) is 0 Å². The zero-order valence-corrected chi connectivity index (χ0v) is 11.0. The molecule has 0 aromatic heterocycles. The molecule has 1 aromatic rings. The molecule has 3 nitrogen and oxygen atoms in total. The molecule has 0 fully saturated rings. The molecule has 0 aliphatic rings. The highest BCUT2D eigenvalue weighted by molar-refractivity contribution is 14.1. The maximum absolute atomic E-state index is 5.35. The van der Waals surface area contributed by atoms with Crippen molar-refractivity contribution in [2.75, 3.05) is 38.8 Å². The summed E-state index contributed by atoms with van der Waals surface area (Å²) in [5, 5.41) is 3.32. The first-order valence-electron chi connectivity index (χ1n) is 4.89. The largest absolute Gasteiger partial charge is 0.382 e. The molecule has 1 rings (SSSR count). The van der Waals surface area contributed by atoms with Gasteiger partial charge in [-0.3, -0.25) is 0 Å². The number of hydrogen-bond donors (Lipinski definition) is 1. The lowest BCUT2D eigenvalue weighted by atomic mass is 10.3. The van der Waals surface area contributed by atoms with Crippen molar-refractivity contribution in [3.63, 3.8) is 0 Å². The van der Waals surface area contributed by atoms with Crippen LogP contribution < -0.4 is 5.32 Å². The summed E-state index contributed by atoms with van der Waals surface area (Å²) in [6, 6.07) is 8.20. The van der Waals surface area contributed by atoms with Gasteiger partial charge < -0.3 is 14.8 Å². The number of ether oxygens (including phenoxy) is 2. The molecule has 4 heteroatoms. The Bertz CT molecular complexity index is 281. The van der Waals surface area contributed by atoms with Crippen LogP contribution in [0.15, 0.2) is 24.3 Å². The van der Waals surface area contributed by atoms with Crippen LogP contribution in [0.2, 0.25) is 0 Å². The molecule has 0 saturated carbocycles. The van der Waals surface area contributed by atoms with Crippen molar-refractivity contribution in [3.05, 3.63) is 27.8 Å². The van der Waals surface area contributed by atoms with E-state index in [2.05, 4.69) is 40.0 Å². The van der Waals surface area contributed by atoms with E-state index in [9.17, 15) is 0 Å². The van der Waals surface area contributed by atoms with Gasteiger partial charge in [0.15, 0.2) is 0 Å². The van der Waals surface area contributed by atoms with Crippen molar-refractivity contribution in [1.29, 1.82) is 0 Å². The van der Waals surface area contributed by atoms with E-state index < -0.39 is 0 Å². The van der Waals surface area contributed by atoms with Gasteiger partial charge in [-0.15, -0.1) is 0 Å². The Labute approximate surface area is 104 Å². The number of benzene rings is 1. The predicted molar refractivity (Wildman–Crippen MR) is 70.3 cm³/mol. The number of hydrogen-bond acceptors (Lipinski definition) is 3. The second-order valence-corrected chi connectivity index (χ2v) is 4.17. The molecule has 1 N–H and O–H groups in total. The van der Waals surface area contributed by atoms with Crippen LogP contribution in [-0.2, 0) is 9.47 Å². The minimum absolute atomic E-state index is 0.656. The van der Waals surface area contributed by atoms with Gasteiger partial charge in [-0.1, -0.05) is 12.1 Å². The van der Waals surface area contributed by atoms with E-state index >= 15 is 0 Å². The smallest absolute Gasteiger partial charge is 0.0701 e. The van der Waals surface area contributed by atoms with E-state index in [1.807, 2.05) is 12.1 Å². The summed E-state index contributed by atoms with van der Waals surface area (Å²) in [5.74, 6) is 0. The summed E-state index contributed by atoms with van der Waals surface area (Å²) in [5.41, 5.74) is 1.16. The summed E-state index contributed by atoms with van der Waals surface area (Å²) < 4.78 is 11.5. The summed E-state index contributed by atoms with van der Waals surface area (Å²) >= 11 is 2.31. The van der Waals surface area contributed by atoms with E-state index in [-0.39, 0.29) is 0 Å².